The fourth-order valence-electron chi connectivity index (χ4n) is 0.997. The van der Waals surface area contributed by atoms with Crippen LogP contribution in [0.15, 0.2) is 42.3 Å². The van der Waals surface area contributed by atoms with Crippen molar-refractivity contribution >= 4 is 23.0 Å². The zero-order valence-corrected chi connectivity index (χ0v) is 9.92. The summed E-state index contributed by atoms with van der Waals surface area (Å²) in [5, 5.41) is 7.55. The summed E-state index contributed by atoms with van der Waals surface area (Å²) in [6, 6.07) is 3.78. The summed E-state index contributed by atoms with van der Waals surface area (Å²) in [6.45, 7) is 6.10. The summed E-state index contributed by atoms with van der Waals surface area (Å²) in [6.07, 6.45) is 5.18. The Hall–Kier alpha value is -1.75. The molecule has 0 amide bonds. The van der Waals surface area contributed by atoms with Crippen LogP contribution in [-0.4, -0.2) is 22.4 Å². The minimum absolute atomic E-state index is 0.480. The molecular formula is C11H14N4S. The summed E-state index contributed by atoms with van der Waals surface area (Å²) in [5.41, 5.74) is 4.62. The highest BCUT2D eigenvalue weighted by molar-refractivity contribution is 7.80. The molecule has 4 nitrogen and oxygen atoms in total. The molecular weight excluding hydrogens is 220 g/mol. The molecule has 0 aliphatic heterocycles. The van der Waals surface area contributed by atoms with Crippen molar-refractivity contribution in [1.82, 2.24) is 15.7 Å². The second-order valence-electron chi connectivity index (χ2n) is 3.04. The number of nitrogens with one attached hydrogen (secondary N) is 2. The standard InChI is InChI=1S/C11H14N4S/c1-3-6-13-11(16)15-14-9(2)10-4-7-12-8-5-10/h3-5,7-8H,1,6H2,2H3,(H2,13,15,16)/b14-9-. The van der Waals surface area contributed by atoms with Gasteiger partial charge in [-0.25, -0.2) is 0 Å². The zero-order valence-electron chi connectivity index (χ0n) is 9.10. The lowest BCUT2D eigenvalue weighted by Gasteiger charge is -2.05. The van der Waals surface area contributed by atoms with Crippen molar-refractivity contribution in [2.24, 2.45) is 5.10 Å². The minimum atomic E-state index is 0.480. The second-order valence-corrected chi connectivity index (χ2v) is 3.45. The monoisotopic (exact) mass is 234 g/mol. The third-order valence-electron chi connectivity index (χ3n) is 1.83. The highest BCUT2D eigenvalue weighted by Crippen LogP contribution is 1.97. The van der Waals surface area contributed by atoms with Gasteiger partial charge in [-0.05, 0) is 31.3 Å². The van der Waals surface area contributed by atoms with Crippen LogP contribution in [-0.2, 0) is 0 Å². The van der Waals surface area contributed by atoms with Crippen molar-refractivity contribution in [2.45, 2.75) is 6.92 Å². The van der Waals surface area contributed by atoms with Crippen LogP contribution in [0.4, 0.5) is 0 Å². The predicted molar refractivity (Wildman–Crippen MR) is 70.4 cm³/mol. The summed E-state index contributed by atoms with van der Waals surface area (Å²) in [7, 11) is 0. The third kappa shape index (κ3) is 4.18. The van der Waals surface area contributed by atoms with Gasteiger partial charge >= 0.3 is 0 Å². The molecule has 1 heterocycles. The second kappa shape index (κ2) is 6.68. The van der Waals surface area contributed by atoms with E-state index in [4.69, 9.17) is 12.2 Å². The van der Waals surface area contributed by atoms with E-state index in [0.29, 0.717) is 11.7 Å². The van der Waals surface area contributed by atoms with E-state index >= 15 is 0 Å². The van der Waals surface area contributed by atoms with E-state index in [-0.39, 0.29) is 0 Å². The van der Waals surface area contributed by atoms with Crippen molar-refractivity contribution in [3.05, 3.63) is 42.7 Å². The van der Waals surface area contributed by atoms with Crippen molar-refractivity contribution in [2.75, 3.05) is 6.54 Å². The molecule has 2 N–H and O–H groups in total. The van der Waals surface area contributed by atoms with Crippen LogP contribution in [0.25, 0.3) is 0 Å². The number of nitrogens with zero attached hydrogens (tertiary/aromatic N) is 2. The highest BCUT2D eigenvalue weighted by Gasteiger charge is 1.96. The van der Waals surface area contributed by atoms with Gasteiger partial charge in [-0.15, -0.1) is 6.58 Å². The quantitative estimate of drug-likeness (QED) is 0.358. The molecule has 0 saturated carbocycles. The van der Waals surface area contributed by atoms with Gasteiger partial charge in [0.05, 0.1) is 5.71 Å². The molecule has 0 spiro atoms. The molecule has 84 valence electrons. The molecule has 16 heavy (non-hydrogen) atoms. The van der Waals surface area contributed by atoms with Crippen molar-refractivity contribution in [1.29, 1.82) is 0 Å². The van der Waals surface area contributed by atoms with E-state index in [1.165, 1.54) is 0 Å². The van der Waals surface area contributed by atoms with E-state index in [0.717, 1.165) is 11.3 Å². The van der Waals surface area contributed by atoms with Gasteiger partial charge < -0.3 is 5.32 Å². The molecule has 0 aromatic carbocycles. The van der Waals surface area contributed by atoms with E-state index in [2.05, 4.69) is 27.4 Å². The SMILES string of the molecule is C=CCNC(=S)N/N=C(/C)c1ccncc1. The molecule has 1 aromatic rings. The van der Waals surface area contributed by atoms with Gasteiger partial charge in [0.25, 0.3) is 0 Å². The average molecular weight is 234 g/mol. The first-order chi connectivity index (χ1) is 7.74. The van der Waals surface area contributed by atoms with Crippen LogP contribution < -0.4 is 10.7 Å². The number of hydrogen-bond donors (Lipinski definition) is 2. The molecule has 0 bridgehead atoms. The van der Waals surface area contributed by atoms with Gasteiger partial charge in [0, 0.05) is 24.5 Å². The van der Waals surface area contributed by atoms with Crippen LogP contribution in [0.3, 0.4) is 0 Å². The van der Waals surface area contributed by atoms with Crippen molar-refractivity contribution in [3.8, 4) is 0 Å². The number of hydrazone groups is 1. The molecule has 1 rings (SSSR count). The lowest BCUT2D eigenvalue weighted by atomic mass is 10.2. The molecule has 0 saturated heterocycles. The van der Waals surface area contributed by atoms with Gasteiger partial charge in [-0.3, -0.25) is 10.4 Å². The zero-order chi connectivity index (χ0) is 11.8. The van der Waals surface area contributed by atoms with Gasteiger partial charge in [0.2, 0.25) is 0 Å². The largest absolute Gasteiger partial charge is 0.358 e. The first kappa shape index (κ1) is 12.3. The minimum Gasteiger partial charge on any atom is -0.358 e. The molecule has 0 atom stereocenters. The lowest BCUT2D eigenvalue weighted by molar-refractivity contribution is 0.936. The Morgan fingerprint density at radius 2 is 2.25 bits per heavy atom. The third-order valence-corrected chi connectivity index (χ3v) is 2.07. The predicted octanol–water partition coefficient (Wildman–Crippen LogP) is 1.46. The molecule has 0 aliphatic rings. The maximum Gasteiger partial charge on any atom is 0.187 e. The van der Waals surface area contributed by atoms with E-state index in [9.17, 15) is 0 Å². The Morgan fingerprint density at radius 3 is 2.88 bits per heavy atom. The number of thiocarbonyl (C=S) groups is 1. The van der Waals surface area contributed by atoms with Crippen molar-refractivity contribution in [3.63, 3.8) is 0 Å². The van der Waals surface area contributed by atoms with Crippen LogP contribution >= 0.6 is 12.2 Å². The van der Waals surface area contributed by atoms with Gasteiger partial charge in [0.15, 0.2) is 5.11 Å². The average Bonchev–Trinajstić information content (AvgIpc) is 2.34. The van der Waals surface area contributed by atoms with Crippen LogP contribution in [0.1, 0.15) is 12.5 Å². The highest BCUT2D eigenvalue weighted by atomic mass is 32.1. The molecule has 1 aromatic heterocycles. The first-order valence-electron chi connectivity index (χ1n) is 4.83. The Labute approximate surface area is 100 Å². The van der Waals surface area contributed by atoms with Crippen molar-refractivity contribution < 1.29 is 0 Å². The fraction of sp³-hybridized carbons (Fsp3) is 0.182. The van der Waals surface area contributed by atoms with Crippen LogP contribution in [0.2, 0.25) is 0 Å². The van der Waals surface area contributed by atoms with Gasteiger partial charge in [0.1, 0.15) is 0 Å². The molecule has 0 unspecified atom stereocenters. The Balaban J connectivity index is 2.51. The van der Waals surface area contributed by atoms with Crippen LogP contribution in [0, 0.1) is 0 Å². The molecule has 0 radical (unpaired) electrons. The lowest BCUT2D eigenvalue weighted by Crippen LogP contribution is -2.32. The van der Waals surface area contributed by atoms with E-state index < -0.39 is 0 Å². The van der Waals surface area contributed by atoms with E-state index in [1.807, 2.05) is 19.1 Å². The molecule has 0 aliphatic carbocycles. The van der Waals surface area contributed by atoms with Gasteiger partial charge in [-0.1, -0.05) is 6.08 Å². The normalized spacial score (nSPS) is 10.7. The maximum atomic E-state index is 5.00. The summed E-state index contributed by atoms with van der Waals surface area (Å²) >= 11 is 5.00. The van der Waals surface area contributed by atoms with Crippen LogP contribution in [0.5, 0.6) is 0 Å². The summed E-state index contributed by atoms with van der Waals surface area (Å²) in [5.74, 6) is 0. The number of rotatable bonds is 4. The number of pyridine rings is 1. The Kier molecular flexibility index (Phi) is 5.15. The smallest absolute Gasteiger partial charge is 0.187 e. The number of aromatic nitrogens is 1. The first-order valence-corrected chi connectivity index (χ1v) is 5.24. The Morgan fingerprint density at radius 1 is 1.56 bits per heavy atom. The molecule has 5 heteroatoms. The summed E-state index contributed by atoms with van der Waals surface area (Å²) in [4.78, 5) is 3.94. The van der Waals surface area contributed by atoms with E-state index in [1.54, 1.807) is 18.5 Å². The summed E-state index contributed by atoms with van der Waals surface area (Å²) < 4.78 is 0. The van der Waals surface area contributed by atoms with Gasteiger partial charge in [-0.2, -0.15) is 5.10 Å². The molecule has 0 fully saturated rings. The maximum absolute atomic E-state index is 5.00. The topological polar surface area (TPSA) is 49.3 Å². The fourth-order valence-corrected chi connectivity index (χ4v) is 1.13. The number of hydrogen-bond acceptors (Lipinski definition) is 3. The Bertz CT molecular complexity index is 386.